The fourth-order valence-corrected chi connectivity index (χ4v) is 5.03. The van der Waals surface area contributed by atoms with Gasteiger partial charge >= 0.3 is 0 Å². The van der Waals surface area contributed by atoms with Crippen molar-refractivity contribution in [1.29, 1.82) is 0 Å². The second kappa shape index (κ2) is 9.83. The van der Waals surface area contributed by atoms with Gasteiger partial charge < -0.3 is 10.2 Å². The summed E-state index contributed by atoms with van der Waals surface area (Å²) in [5.41, 5.74) is 5.61. The predicted molar refractivity (Wildman–Crippen MR) is 139 cm³/mol. The zero-order valence-corrected chi connectivity index (χ0v) is 20.6. The van der Waals surface area contributed by atoms with Gasteiger partial charge in [-0.05, 0) is 102 Å². The van der Waals surface area contributed by atoms with Crippen molar-refractivity contribution in [1.82, 2.24) is 5.32 Å². The zero-order chi connectivity index (χ0) is 23.7. The van der Waals surface area contributed by atoms with Gasteiger partial charge in [0.15, 0.2) is 0 Å². The Morgan fingerprint density at radius 2 is 1.62 bits per heavy atom. The van der Waals surface area contributed by atoms with Gasteiger partial charge in [0.1, 0.15) is 5.82 Å². The van der Waals surface area contributed by atoms with Crippen molar-refractivity contribution in [2.24, 2.45) is 0 Å². The minimum absolute atomic E-state index is 0.271. The van der Waals surface area contributed by atoms with Crippen LogP contribution in [0.5, 0.6) is 0 Å². The van der Waals surface area contributed by atoms with Gasteiger partial charge in [0, 0.05) is 29.7 Å². The van der Waals surface area contributed by atoms with E-state index in [4.69, 9.17) is 0 Å². The highest BCUT2D eigenvalue weighted by atomic mass is 32.2. The topological polar surface area (TPSA) is 32.3 Å². The Morgan fingerprint density at radius 1 is 0.971 bits per heavy atom. The monoisotopic (exact) mass is 474 g/mol. The van der Waals surface area contributed by atoms with E-state index in [-0.39, 0.29) is 11.7 Å². The van der Waals surface area contributed by atoms with E-state index in [9.17, 15) is 4.79 Å². The van der Waals surface area contributed by atoms with Crippen LogP contribution in [0.25, 0.3) is 0 Å². The van der Waals surface area contributed by atoms with Gasteiger partial charge in [0.05, 0.1) is 5.69 Å². The molecule has 34 heavy (non-hydrogen) atoms. The molecule has 0 saturated heterocycles. The molecule has 3 aromatic carbocycles. The van der Waals surface area contributed by atoms with Gasteiger partial charge in [-0.3, -0.25) is 4.79 Å². The Bertz CT molecular complexity index is 1150. The molecule has 0 spiro atoms. The van der Waals surface area contributed by atoms with Gasteiger partial charge in [-0.25, -0.2) is 4.39 Å². The molecule has 3 nitrogen and oxygen atoms in total. The molecule has 0 atom stereocenters. The third kappa shape index (κ3) is 5.30. The molecule has 176 valence electrons. The number of carbonyl (C=O) groups is 1. The molecule has 2 saturated carbocycles. The lowest BCUT2D eigenvalue weighted by Gasteiger charge is -2.22. The Kier molecular flexibility index (Phi) is 6.64. The molecule has 0 heterocycles. The summed E-state index contributed by atoms with van der Waals surface area (Å²) >= 11 is 1.79. The number of halogens is 1. The third-order valence-corrected chi connectivity index (χ3v) is 7.60. The molecule has 2 aliphatic rings. The molecule has 1 N–H and O–H groups in total. The molecule has 2 fully saturated rings. The first-order valence-electron chi connectivity index (χ1n) is 12.2. The van der Waals surface area contributed by atoms with E-state index >= 15 is 4.39 Å². The summed E-state index contributed by atoms with van der Waals surface area (Å²) < 4.78 is 15.1. The van der Waals surface area contributed by atoms with Crippen LogP contribution in [-0.2, 0) is 6.54 Å². The zero-order valence-electron chi connectivity index (χ0n) is 19.8. The quantitative estimate of drug-likeness (QED) is 0.328. The number of anilines is 2. The summed E-state index contributed by atoms with van der Waals surface area (Å²) in [7, 11) is 1.90. The maximum atomic E-state index is 15.1. The van der Waals surface area contributed by atoms with E-state index in [1.807, 2.05) is 24.1 Å². The number of rotatable bonds is 9. The third-order valence-electron chi connectivity index (χ3n) is 6.71. The van der Waals surface area contributed by atoms with Gasteiger partial charge in [-0.2, -0.15) is 0 Å². The van der Waals surface area contributed by atoms with Crippen molar-refractivity contribution >= 4 is 29.0 Å². The average molecular weight is 475 g/mol. The Hall–Kier alpha value is -2.79. The van der Waals surface area contributed by atoms with E-state index < -0.39 is 0 Å². The molecule has 3 aromatic rings. The fourth-order valence-electron chi connectivity index (χ4n) is 4.37. The van der Waals surface area contributed by atoms with Gasteiger partial charge in [0.25, 0.3) is 5.91 Å². The van der Waals surface area contributed by atoms with Crippen LogP contribution in [0.15, 0.2) is 65.6 Å². The highest BCUT2D eigenvalue weighted by molar-refractivity contribution is 7.99. The Morgan fingerprint density at radius 3 is 2.18 bits per heavy atom. The fraction of sp³-hybridized carbons (Fsp3) is 0.345. The predicted octanol–water partition coefficient (Wildman–Crippen LogP) is 7.39. The van der Waals surface area contributed by atoms with Gasteiger partial charge in [0.2, 0.25) is 0 Å². The van der Waals surface area contributed by atoms with Crippen molar-refractivity contribution < 1.29 is 9.18 Å². The minimum atomic E-state index is -0.388. The number of amides is 1. The van der Waals surface area contributed by atoms with Crippen LogP contribution in [0.4, 0.5) is 15.8 Å². The lowest BCUT2D eigenvalue weighted by molar-refractivity contribution is 0.0950. The lowest BCUT2D eigenvalue weighted by Crippen LogP contribution is -2.23. The first-order chi connectivity index (χ1) is 16.5. The van der Waals surface area contributed by atoms with E-state index in [2.05, 4.69) is 42.6 Å². The number of benzene rings is 3. The smallest absolute Gasteiger partial charge is 0.251 e. The second-order valence-electron chi connectivity index (χ2n) is 9.39. The second-order valence-corrected chi connectivity index (χ2v) is 10.7. The van der Waals surface area contributed by atoms with Gasteiger partial charge in [-0.15, -0.1) is 11.8 Å². The number of hydrogen-bond donors (Lipinski definition) is 1. The maximum absolute atomic E-state index is 15.1. The number of hydrogen-bond acceptors (Lipinski definition) is 3. The summed E-state index contributed by atoms with van der Waals surface area (Å²) in [6, 6.07) is 19.7. The normalized spacial score (nSPS) is 15.3. The van der Waals surface area contributed by atoms with E-state index in [1.165, 1.54) is 47.8 Å². The highest BCUT2D eigenvalue weighted by Crippen LogP contribution is 2.47. The molecular weight excluding hydrogens is 443 g/mol. The summed E-state index contributed by atoms with van der Waals surface area (Å²) in [5, 5.41) is 2.90. The average Bonchev–Trinajstić information content (AvgIpc) is 3.76. The van der Waals surface area contributed by atoms with Crippen LogP contribution in [0.2, 0.25) is 0 Å². The number of nitrogens with one attached hydrogen (secondary N) is 1. The van der Waals surface area contributed by atoms with Crippen molar-refractivity contribution in [3.63, 3.8) is 0 Å². The first kappa shape index (κ1) is 23.0. The lowest BCUT2D eigenvalue weighted by atomic mass is 10.0. The molecule has 0 unspecified atom stereocenters. The molecule has 0 aromatic heterocycles. The summed E-state index contributed by atoms with van der Waals surface area (Å²) in [6.45, 7) is 2.54. The minimum Gasteiger partial charge on any atom is -0.348 e. The van der Waals surface area contributed by atoms with Crippen LogP contribution in [0.3, 0.4) is 0 Å². The largest absolute Gasteiger partial charge is 0.348 e. The molecule has 0 radical (unpaired) electrons. The molecule has 5 heteroatoms. The maximum Gasteiger partial charge on any atom is 0.251 e. The number of carbonyl (C=O) groups excluding carboxylic acids is 1. The molecule has 0 bridgehead atoms. The van der Waals surface area contributed by atoms with Crippen molar-refractivity contribution in [3.8, 4) is 0 Å². The van der Waals surface area contributed by atoms with E-state index in [1.54, 1.807) is 23.9 Å². The van der Waals surface area contributed by atoms with Crippen molar-refractivity contribution in [2.45, 2.75) is 55.9 Å². The van der Waals surface area contributed by atoms with Gasteiger partial charge in [-0.1, -0.05) is 25.1 Å². The SMILES string of the molecule is CCSc1ccc(CNC(=O)c2ccc(N(C)c3cc(C4CC4)cc(C4CC4)c3)c(F)c2)cc1. The number of thioether (sulfide) groups is 1. The van der Waals surface area contributed by atoms with Crippen LogP contribution >= 0.6 is 11.8 Å². The highest BCUT2D eigenvalue weighted by Gasteiger charge is 2.29. The standard InChI is InChI=1S/C29H31FN2OS/c1-3-34-26-11-4-19(5-12-26)18-31-29(33)22-10-13-28(27(30)17-22)32(2)25-15-23(20-6-7-20)14-24(16-25)21-8-9-21/h4-5,10-17,20-21H,3,6-9,18H2,1-2H3,(H,31,33). The van der Waals surface area contributed by atoms with Crippen LogP contribution in [0, 0.1) is 5.82 Å². The molecule has 0 aliphatic heterocycles. The van der Waals surface area contributed by atoms with E-state index in [0.29, 0.717) is 29.6 Å². The van der Waals surface area contributed by atoms with Crippen LogP contribution in [-0.4, -0.2) is 18.7 Å². The molecular formula is C29H31FN2OS. The number of nitrogens with zero attached hydrogens (tertiary/aromatic N) is 1. The summed E-state index contributed by atoms with van der Waals surface area (Å²) in [5.74, 6) is 1.68. The summed E-state index contributed by atoms with van der Waals surface area (Å²) in [6.07, 6.45) is 4.99. The van der Waals surface area contributed by atoms with E-state index in [0.717, 1.165) is 17.0 Å². The van der Waals surface area contributed by atoms with Crippen LogP contribution < -0.4 is 10.2 Å². The van der Waals surface area contributed by atoms with Crippen molar-refractivity contribution in [2.75, 3.05) is 17.7 Å². The first-order valence-corrected chi connectivity index (χ1v) is 13.2. The Balaban J connectivity index is 1.28. The van der Waals surface area contributed by atoms with Crippen molar-refractivity contribution in [3.05, 3.63) is 88.7 Å². The molecule has 1 amide bonds. The molecule has 2 aliphatic carbocycles. The summed E-state index contributed by atoms with van der Waals surface area (Å²) in [4.78, 5) is 15.8. The molecule has 5 rings (SSSR count). The Labute approximate surface area is 205 Å². The van der Waals surface area contributed by atoms with Crippen LogP contribution in [0.1, 0.15) is 71.5 Å².